The molecule has 0 aliphatic carbocycles. The predicted octanol–water partition coefficient (Wildman–Crippen LogP) is 3.24. The molecule has 0 spiro atoms. The normalized spacial score (nSPS) is 11.3. The van der Waals surface area contributed by atoms with Crippen LogP contribution in [-0.4, -0.2) is 30.9 Å². The molecule has 2 aromatic heterocycles. The van der Waals surface area contributed by atoms with Crippen LogP contribution < -0.4 is 9.96 Å². The van der Waals surface area contributed by atoms with Crippen molar-refractivity contribution in [3.8, 4) is 17.1 Å². The molecule has 9 heteroatoms. The summed E-state index contributed by atoms with van der Waals surface area (Å²) in [4.78, 5) is 24.8. The molecule has 3 aromatic carbocycles. The highest BCUT2D eigenvalue weighted by molar-refractivity contribution is 6.31. The van der Waals surface area contributed by atoms with Crippen molar-refractivity contribution in [1.82, 2.24) is 14.8 Å². The van der Waals surface area contributed by atoms with Gasteiger partial charge in [-0.3, -0.25) is 4.79 Å². The van der Waals surface area contributed by atoms with Crippen LogP contribution in [0.2, 0.25) is 5.02 Å². The molecular weight excluding hydrogens is 432 g/mol. The number of aromatic hydroxyl groups is 1. The van der Waals surface area contributed by atoms with E-state index in [1.807, 2.05) is 18.2 Å². The number of rotatable bonds is 4. The first kappa shape index (κ1) is 19.8. The molecule has 8 nitrogen and oxygen atoms in total. The van der Waals surface area contributed by atoms with Crippen LogP contribution in [0.5, 0.6) is 5.75 Å². The van der Waals surface area contributed by atoms with Crippen LogP contribution in [0.4, 0.5) is 0 Å². The Morgan fingerprint density at radius 1 is 1.09 bits per heavy atom. The Balaban J connectivity index is 1.85. The van der Waals surface area contributed by atoms with Crippen molar-refractivity contribution in [2.24, 2.45) is 0 Å². The number of fused-ring (bicyclic) bond motifs is 3. The first-order valence-electron chi connectivity index (χ1n) is 9.67. The van der Waals surface area contributed by atoms with E-state index in [0.717, 1.165) is 5.56 Å². The summed E-state index contributed by atoms with van der Waals surface area (Å²) >= 11 is 6.33. The molecule has 0 aliphatic rings. The smallest absolute Gasteiger partial charge is 0.392 e. The number of H-pyrrole nitrogens is 1. The fraction of sp³-hybridized carbons (Fsp3) is 0.0435. The van der Waals surface area contributed by atoms with Gasteiger partial charge in [-0.25, -0.2) is 9.36 Å². The molecule has 0 bridgehead atoms. The summed E-state index contributed by atoms with van der Waals surface area (Å²) in [7, 11) is 0. The number of nitrogens with one attached hydrogen (secondary N) is 1. The molecule has 3 N–H and O–H groups in total. The zero-order valence-electron chi connectivity index (χ0n) is 16.5. The lowest BCUT2D eigenvalue weighted by Crippen LogP contribution is -2.35. The van der Waals surface area contributed by atoms with Crippen molar-refractivity contribution in [3.63, 3.8) is 0 Å². The van der Waals surface area contributed by atoms with Gasteiger partial charge in [0, 0.05) is 15.7 Å². The number of aromatic carboxylic acids is 1. The third-order valence-electron chi connectivity index (χ3n) is 5.33. The van der Waals surface area contributed by atoms with Crippen LogP contribution in [0.15, 0.2) is 71.5 Å². The van der Waals surface area contributed by atoms with Gasteiger partial charge in [-0.05, 0) is 36.4 Å². The number of phenolic OH excluding ortho intramolecular Hbond substituents is 1. The molecule has 0 amide bonds. The second-order valence-corrected chi connectivity index (χ2v) is 7.65. The highest BCUT2D eigenvalue weighted by Gasteiger charge is 2.26. The van der Waals surface area contributed by atoms with Crippen molar-refractivity contribution in [2.45, 2.75) is 6.54 Å². The van der Waals surface area contributed by atoms with Gasteiger partial charge >= 0.3 is 17.3 Å². The van der Waals surface area contributed by atoms with Gasteiger partial charge < -0.3 is 10.2 Å². The number of halogens is 1. The number of para-hydroxylation sites is 1. The minimum Gasteiger partial charge on any atom is -0.507 e. The Kier molecular flexibility index (Phi) is 4.64. The van der Waals surface area contributed by atoms with Gasteiger partial charge in [0.15, 0.2) is 0 Å². The minimum atomic E-state index is -1.12. The number of phenols is 1. The zero-order chi connectivity index (χ0) is 22.4. The van der Waals surface area contributed by atoms with Crippen LogP contribution in [-0.2, 0) is 6.54 Å². The van der Waals surface area contributed by atoms with E-state index in [-0.39, 0.29) is 29.0 Å². The van der Waals surface area contributed by atoms with Gasteiger partial charge in [-0.1, -0.05) is 41.9 Å². The van der Waals surface area contributed by atoms with E-state index in [4.69, 9.17) is 11.6 Å². The summed E-state index contributed by atoms with van der Waals surface area (Å²) in [6.45, 7) is 0.179. The van der Waals surface area contributed by atoms with Crippen molar-refractivity contribution in [1.29, 1.82) is 0 Å². The fourth-order valence-corrected chi connectivity index (χ4v) is 3.97. The van der Waals surface area contributed by atoms with E-state index in [0.29, 0.717) is 27.5 Å². The number of carbonyl (C=O) groups is 1. The number of aromatic nitrogens is 4. The summed E-state index contributed by atoms with van der Waals surface area (Å²) in [5, 5.41) is 28.0. The minimum absolute atomic E-state index is 0.00912. The molecule has 0 aliphatic heterocycles. The summed E-state index contributed by atoms with van der Waals surface area (Å²) in [6.07, 6.45) is 0. The van der Waals surface area contributed by atoms with Crippen molar-refractivity contribution >= 4 is 34.3 Å². The lowest BCUT2D eigenvalue weighted by molar-refractivity contribution is -0.473. The van der Waals surface area contributed by atoms with Gasteiger partial charge in [0.25, 0.3) is 0 Å². The van der Waals surface area contributed by atoms with Crippen molar-refractivity contribution in [3.05, 3.63) is 93.2 Å². The van der Waals surface area contributed by atoms with E-state index in [1.165, 1.54) is 22.8 Å². The highest BCUT2D eigenvalue weighted by Crippen LogP contribution is 2.28. The first-order chi connectivity index (χ1) is 15.5. The van der Waals surface area contributed by atoms with Gasteiger partial charge in [0.2, 0.25) is 5.82 Å². The number of hydrogen-bond acceptors (Lipinski definition) is 4. The second-order valence-electron chi connectivity index (χ2n) is 7.24. The highest BCUT2D eigenvalue weighted by atomic mass is 35.5. The molecule has 0 saturated carbocycles. The molecule has 5 aromatic rings. The maximum atomic E-state index is 13.3. The SMILES string of the molecule is O=C(O)c1ccc(O)c(-c2[nH]nc3n(Cc4ccccc4Cl)c(=O)c4ccccc4[n+]23)c1. The molecule has 32 heavy (non-hydrogen) atoms. The van der Waals surface area contributed by atoms with Gasteiger partial charge in [-0.15, -0.1) is 0 Å². The molecule has 0 fully saturated rings. The van der Waals surface area contributed by atoms with Crippen molar-refractivity contribution < 1.29 is 19.4 Å². The van der Waals surface area contributed by atoms with E-state index >= 15 is 0 Å². The third kappa shape index (κ3) is 3.09. The Morgan fingerprint density at radius 2 is 1.84 bits per heavy atom. The summed E-state index contributed by atoms with van der Waals surface area (Å²) in [5.74, 6) is -0.616. The van der Waals surface area contributed by atoms with E-state index in [2.05, 4.69) is 10.2 Å². The van der Waals surface area contributed by atoms with Crippen LogP contribution in [0.25, 0.3) is 28.1 Å². The van der Waals surface area contributed by atoms with Crippen LogP contribution in [0.3, 0.4) is 0 Å². The molecular formula is C23H16ClN4O4+. The van der Waals surface area contributed by atoms with Gasteiger partial charge in [-0.2, -0.15) is 9.50 Å². The summed E-state index contributed by atoms with van der Waals surface area (Å²) in [6, 6.07) is 18.2. The quantitative estimate of drug-likeness (QED) is 0.366. The number of hydrogen-bond donors (Lipinski definition) is 3. The zero-order valence-corrected chi connectivity index (χ0v) is 17.2. The maximum absolute atomic E-state index is 13.3. The van der Waals surface area contributed by atoms with Crippen molar-refractivity contribution in [2.75, 3.05) is 0 Å². The summed E-state index contributed by atoms with van der Waals surface area (Å²) < 4.78 is 3.18. The Hall–Kier alpha value is -4.17. The molecule has 0 saturated heterocycles. The average Bonchev–Trinajstić information content (AvgIpc) is 3.23. The van der Waals surface area contributed by atoms with Gasteiger partial charge in [0.05, 0.1) is 23.1 Å². The predicted molar refractivity (Wildman–Crippen MR) is 118 cm³/mol. The Labute approximate surface area is 185 Å². The average molecular weight is 448 g/mol. The fourth-order valence-electron chi connectivity index (χ4n) is 3.78. The molecule has 0 unspecified atom stereocenters. The topological polar surface area (TPSA) is 112 Å². The molecule has 5 rings (SSSR count). The van der Waals surface area contributed by atoms with Crippen LogP contribution in [0, 0.1) is 0 Å². The van der Waals surface area contributed by atoms with E-state index < -0.39 is 5.97 Å². The lowest BCUT2D eigenvalue weighted by Gasteiger charge is -2.08. The van der Waals surface area contributed by atoms with E-state index in [1.54, 1.807) is 34.7 Å². The Bertz CT molecular complexity index is 1590. The molecule has 0 radical (unpaired) electrons. The first-order valence-corrected chi connectivity index (χ1v) is 10.1. The summed E-state index contributed by atoms with van der Waals surface area (Å²) in [5.41, 5.74) is 1.31. The molecule has 0 atom stereocenters. The lowest BCUT2D eigenvalue weighted by atomic mass is 10.1. The second kappa shape index (κ2) is 7.51. The van der Waals surface area contributed by atoms with Crippen LogP contribution >= 0.6 is 11.6 Å². The van der Waals surface area contributed by atoms with E-state index in [9.17, 15) is 19.8 Å². The number of benzene rings is 3. The molecule has 2 heterocycles. The van der Waals surface area contributed by atoms with Crippen LogP contribution in [0.1, 0.15) is 15.9 Å². The number of aromatic amines is 1. The number of carboxylic acids is 1. The number of nitrogens with zero attached hydrogens (tertiary/aromatic N) is 3. The number of carboxylic acid groups (broad SMARTS) is 1. The largest absolute Gasteiger partial charge is 0.507 e. The monoisotopic (exact) mass is 447 g/mol. The maximum Gasteiger partial charge on any atom is 0.392 e. The Morgan fingerprint density at radius 3 is 2.62 bits per heavy atom. The molecule has 158 valence electrons. The third-order valence-corrected chi connectivity index (χ3v) is 5.70. The van der Waals surface area contributed by atoms with Gasteiger partial charge in [0.1, 0.15) is 11.3 Å². The standard InChI is InChI=1S/C23H15ClN4O4/c24-17-7-3-1-5-14(17)12-27-21(30)15-6-2-4-8-18(15)28-20(25-26-23(27)28)16-11-13(22(31)32)9-10-19(16)29/h1-11H,12H2,(H2,25,29,31,32)/p+1.